The summed E-state index contributed by atoms with van der Waals surface area (Å²) >= 11 is 5.83. The van der Waals surface area contributed by atoms with E-state index < -0.39 is 11.9 Å². The van der Waals surface area contributed by atoms with Crippen LogP contribution in [0.3, 0.4) is 0 Å². The molecule has 138 valence electrons. The molecule has 0 radical (unpaired) electrons. The van der Waals surface area contributed by atoms with Crippen molar-refractivity contribution >= 4 is 29.3 Å². The third kappa shape index (κ3) is 6.05. The zero-order chi connectivity index (χ0) is 19.1. The van der Waals surface area contributed by atoms with Crippen LogP contribution >= 0.6 is 11.6 Å². The molecule has 1 aromatic rings. The van der Waals surface area contributed by atoms with Crippen molar-refractivity contribution in [3.8, 4) is 0 Å². The molecule has 0 saturated heterocycles. The largest absolute Gasteiger partial charge is 0.368 e. The van der Waals surface area contributed by atoms with Gasteiger partial charge < -0.3 is 16.0 Å². The second-order valence-corrected chi connectivity index (χ2v) is 6.81. The first-order chi connectivity index (χ1) is 11.7. The predicted octanol–water partition coefficient (Wildman–Crippen LogP) is 2.21. The third-order valence-corrected chi connectivity index (χ3v) is 4.36. The van der Waals surface area contributed by atoms with Gasteiger partial charge in [0.2, 0.25) is 11.8 Å². The summed E-state index contributed by atoms with van der Waals surface area (Å²) in [7, 11) is 0. The lowest BCUT2D eigenvalue weighted by Gasteiger charge is -2.32. The first-order valence-corrected chi connectivity index (χ1v) is 8.70. The highest BCUT2D eigenvalue weighted by molar-refractivity contribution is 6.30. The minimum Gasteiger partial charge on any atom is -0.368 e. The van der Waals surface area contributed by atoms with Gasteiger partial charge in [-0.15, -0.1) is 0 Å². The smallest absolute Gasteiger partial charge is 0.251 e. The van der Waals surface area contributed by atoms with Crippen molar-refractivity contribution in [2.45, 2.75) is 46.2 Å². The summed E-state index contributed by atoms with van der Waals surface area (Å²) in [6.07, 6.45) is 0.694. The van der Waals surface area contributed by atoms with Gasteiger partial charge in [-0.2, -0.15) is 0 Å². The quantitative estimate of drug-likeness (QED) is 0.737. The van der Waals surface area contributed by atoms with Gasteiger partial charge in [0.1, 0.15) is 6.04 Å². The van der Waals surface area contributed by atoms with Crippen molar-refractivity contribution in [2.24, 2.45) is 11.7 Å². The van der Waals surface area contributed by atoms with Gasteiger partial charge in [-0.25, -0.2) is 0 Å². The molecule has 1 aromatic carbocycles. The highest BCUT2D eigenvalue weighted by atomic mass is 35.5. The molecule has 0 fully saturated rings. The lowest BCUT2D eigenvalue weighted by molar-refractivity contribution is -0.139. The van der Waals surface area contributed by atoms with Crippen molar-refractivity contribution in [3.05, 3.63) is 34.9 Å². The third-order valence-electron chi connectivity index (χ3n) is 4.10. The van der Waals surface area contributed by atoms with Crippen LogP contribution in [0.2, 0.25) is 5.02 Å². The van der Waals surface area contributed by atoms with Gasteiger partial charge >= 0.3 is 0 Å². The first-order valence-electron chi connectivity index (χ1n) is 8.32. The lowest BCUT2D eigenvalue weighted by atomic mass is 9.96. The molecule has 6 nitrogen and oxygen atoms in total. The topological polar surface area (TPSA) is 92.5 Å². The van der Waals surface area contributed by atoms with Crippen LogP contribution in [0.25, 0.3) is 0 Å². The summed E-state index contributed by atoms with van der Waals surface area (Å²) in [4.78, 5) is 38.1. The van der Waals surface area contributed by atoms with Crippen molar-refractivity contribution in [2.75, 3.05) is 6.54 Å². The normalized spacial score (nSPS) is 13.2. The van der Waals surface area contributed by atoms with Crippen molar-refractivity contribution in [3.63, 3.8) is 0 Å². The Morgan fingerprint density at radius 2 is 1.72 bits per heavy atom. The molecule has 1 rings (SSSR count). The van der Waals surface area contributed by atoms with E-state index >= 15 is 0 Å². The number of carbonyl (C=O) groups is 3. The predicted molar refractivity (Wildman–Crippen MR) is 98.2 cm³/mol. The molecule has 0 spiro atoms. The highest BCUT2D eigenvalue weighted by Gasteiger charge is 2.32. The molecule has 3 amide bonds. The van der Waals surface area contributed by atoms with E-state index in [0.717, 1.165) is 0 Å². The number of rotatable bonds is 8. The number of nitrogens with two attached hydrogens (primary N) is 1. The number of hydrogen-bond donors (Lipinski definition) is 2. The van der Waals surface area contributed by atoms with E-state index in [1.165, 1.54) is 4.90 Å². The Morgan fingerprint density at radius 3 is 2.16 bits per heavy atom. The van der Waals surface area contributed by atoms with Crippen LogP contribution in [0.4, 0.5) is 0 Å². The maximum Gasteiger partial charge on any atom is 0.251 e. The molecule has 7 heteroatoms. The minimum atomic E-state index is -0.741. The van der Waals surface area contributed by atoms with Crippen LogP contribution in [-0.4, -0.2) is 41.2 Å². The zero-order valence-corrected chi connectivity index (χ0v) is 15.8. The van der Waals surface area contributed by atoms with E-state index in [0.29, 0.717) is 17.0 Å². The Balaban J connectivity index is 3.02. The lowest BCUT2D eigenvalue weighted by Crippen LogP contribution is -2.55. The van der Waals surface area contributed by atoms with Gasteiger partial charge in [-0.1, -0.05) is 31.9 Å². The fourth-order valence-corrected chi connectivity index (χ4v) is 2.50. The van der Waals surface area contributed by atoms with Gasteiger partial charge in [0.15, 0.2) is 0 Å². The van der Waals surface area contributed by atoms with E-state index in [-0.39, 0.29) is 30.3 Å². The van der Waals surface area contributed by atoms with Crippen molar-refractivity contribution in [1.82, 2.24) is 10.2 Å². The fourth-order valence-electron chi connectivity index (χ4n) is 2.37. The monoisotopic (exact) mass is 367 g/mol. The molecule has 0 unspecified atom stereocenters. The summed E-state index contributed by atoms with van der Waals surface area (Å²) in [5.74, 6) is -1.37. The zero-order valence-electron chi connectivity index (χ0n) is 15.1. The minimum absolute atomic E-state index is 0.0992. The van der Waals surface area contributed by atoms with Crippen molar-refractivity contribution in [1.29, 1.82) is 0 Å². The summed E-state index contributed by atoms with van der Waals surface area (Å²) < 4.78 is 0. The molecular weight excluding hydrogens is 342 g/mol. The maximum absolute atomic E-state index is 12.9. The number of benzene rings is 1. The average molecular weight is 368 g/mol. The molecule has 0 aliphatic rings. The van der Waals surface area contributed by atoms with Crippen LogP contribution < -0.4 is 11.1 Å². The Labute approximate surface area is 153 Å². The Hall–Kier alpha value is -2.08. The molecule has 0 aliphatic heterocycles. The van der Waals surface area contributed by atoms with Crippen molar-refractivity contribution < 1.29 is 14.4 Å². The summed E-state index contributed by atoms with van der Waals surface area (Å²) in [6.45, 7) is 7.24. The van der Waals surface area contributed by atoms with Crippen LogP contribution in [0.5, 0.6) is 0 Å². The van der Waals surface area contributed by atoms with Crippen LogP contribution in [0.15, 0.2) is 24.3 Å². The Bertz CT molecular complexity index is 616. The molecular formula is C18H26ClN3O3. The van der Waals surface area contributed by atoms with Gasteiger partial charge in [0.05, 0.1) is 6.54 Å². The summed E-state index contributed by atoms with van der Waals surface area (Å²) in [5.41, 5.74) is 5.66. The summed E-state index contributed by atoms with van der Waals surface area (Å²) in [6, 6.07) is 5.47. The number of primary amides is 1. The number of hydrogen-bond acceptors (Lipinski definition) is 3. The van der Waals surface area contributed by atoms with Gasteiger partial charge in [-0.05, 0) is 44.0 Å². The van der Waals surface area contributed by atoms with Crippen LogP contribution in [0, 0.1) is 5.92 Å². The number of halogens is 1. The Morgan fingerprint density at radius 1 is 1.16 bits per heavy atom. The van der Waals surface area contributed by atoms with E-state index in [2.05, 4.69) is 5.32 Å². The fraction of sp³-hybridized carbons (Fsp3) is 0.500. The molecule has 0 aliphatic carbocycles. The second kappa shape index (κ2) is 9.42. The number of nitrogens with one attached hydrogen (secondary N) is 1. The molecule has 0 bridgehead atoms. The molecule has 25 heavy (non-hydrogen) atoms. The van der Waals surface area contributed by atoms with E-state index in [1.54, 1.807) is 38.1 Å². The molecule has 0 aromatic heterocycles. The van der Waals surface area contributed by atoms with Crippen LogP contribution in [0.1, 0.15) is 44.5 Å². The molecule has 2 atom stereocenters. The molecule has 0 saturated carbocycles. The number of amides is 3. The van der Waals surface area contributed by atoms with E-state index in [4.69, 9.17) is 17.3 Å². The van der Waals surface area contributed by atoms with E-state index in [9.17, 15) is 14.4 Å². The number of nitrogens with zero attached hydrogens (tertiary/aromatic N) is 1. The number of carbonyl (C=O) groups excluding carboxylic acids is 3. The average Bonchev–Trinajstić information content (AvgIpc) is 2.56. The SMILES string of the molecule is CC[C@H](C)[C@@H](NC(=O)c1ccc(Cl)cc1)C(=O)N(CC(N)=O)C(C)C. The Kier molecular flexibility index (Phi) is 7.90. The van der Waals surface area contributed by atoms with Gasteiger partial charge in [0.25, 0.3) is 5.91 Å². The molecule has 3 N–H and O–H groups in total. The maximum atomic E-state index is 12.9. The molecule has 0 heterocycles. The van der Waals surface area contributed by atoms with Gasteiger partial charge in [0, 0.05) is 16.6 Å². The van der Waals surface area contributed by atoms with Crippen LogP contribution in [-0.2, 0) is 9.59 Å². The summed E-state index contributed by atoms with van der Waals surface area (Å²) in [5, 5.41) is 3.31. The standard InChI is InChI=1S/C18H26ClN3O3/c1-5-12(4)16(18(25)22(11(2)3)10-15(20)23)21-17(24)13-6-8-14(19)9-7-13/h6-9,11-12,16H,5,10H2,1-4H3,(H2,20,23)(H,21,24)/t12-,16+/m0/s1. The van der Waals surface area contributed by atoms with E-state index in [1.807, 2.05) is 13.8 Å². The first kappa shape index (κ1) is 21.0. The highest BCUT2D eigenvalue weighted by Crippen LogP contribution is 2.15. The van der Waals surface area contributed by atoms with Gasteiger partial charge in [-0.3, -0.25) is 14.4 Å². The second-order valence-electron chi connectivity index (χ2n) is 6.37.